The van der Waals surface area contributed by atoms with Gasteiger partial charge in [-0.15, -0.1) is 0 Å². The van der Waals surface area contributed by atoms with Gasteiger partial charge in [0.25, 0.3) is 5.75 Å². The van der Waals surface area contributed by atoms with E-state index in [4.69, 9.17) is 5.11 Å². The van der Waals surface area contributed by atoms with E-state index < -0.39 is 0 Å². The second-order valence-electron chi connectivity index (χ2n) is 4.12. The van der Waals surface area contributed by atoms with Crippen molar-refractivity contribution in [3.8, 4) is 5.75 Å². The van der Waals surface area contributed by atoms with Gasteiger partial charge in [-0.3, -0.25) is 0 Å². The van der Waals surface area contributed by atoms with Crippen molar-refractivity contribution in [3.05, 3.63) is 65.2 Å². The van der Waals surface area contributed by atoms with E-state index in [2.05, 4.69) is 31.2 Å². The maximum atomic E-state index is 7.42. The van der Waals surface area contributed by atoms with Crippen LogP contribution in [0.25, 0.3) is 0 Å². The van der Waals surface area contributed by atoms with Gasteiger partial charge in [-0.05, 0) is 35.7 Å². The van der Waals surface area contributed by atoms with E-state index in [-0.39, 0.29) is 0 Å². The lowest BCUT2D eigenvalue weighted by atomic mass is 10.1. The molecule has 0 saturated carbocycles. The molecular formula is C15H17OS+. The van der Waals surface area contributed by atoms with Crippen LogP contribution >= 0.6 is 11.8 Å². The van der Waals surface area contributed by atoms with E-state index in [0.29, 0.717) is 5.75 Å². The molecule has 2 rings (SSSR count). The minimum Gasteiger partial charge on any atom is -0.593 e. The van der Waals surface area contributed by atoms with Crippen molar-refractivity contribution in [2.24, 2.45) is 0 Å². The Labute approximate surface area is 107 Å². The molecule has 0 atom stereocenters. The minimum absolute atomic E-state index is 0.581. The lowest BCUT2D eigenvalue weighted by Gasteiger charge is -2.05. The van der Waals surface area contributed by atoms with Gasteiger partial charge in [-0.1, -0.05) is 24.3 Å². The lowest BCUT2D eigenvalue weighted by molar-refractivity contribution is 0.475. The average Bonchev–Trinajstić information content (AvgIpc) is 2.34. The predicted molar refractivity (Wildman–Crippen MR) is 75.7 cm³/mol. The Morgan fingerprint density at radius 2 is 1.65 bits per heavy atom. The molecule has 0 saturated heterocycles. The Bertz CT molecular complexity index is 477. The Balaban J connectivity index is 1.88. The molecule has 0 amide bonds. The molecule has 0 aliphatic rings. The average molecular weight is 245 g/mol. The summed E-state index contributed by atoms with van der Waals surface area (Å²) < 4.78 is 0. The second-order valence-corrected chi connectivity index (χ2v) is 5.10. The topological polar surface area (TPSA) is 22.9 Å². The van der Waals surface area contributed by atoms with E-state index in [1.165, 1.54) is 16.7 Å². The number of hydrogen-bond acceptors (Lipinski definition) is 1. The molecule has 1 nitrogen and oxygen atoms in total. The molecule has 0 spiro atoms. The maximum Gasteiger partial charge on any atom is 0.253 e. The molecule has 0 fully saturated rings. The molecule has 0 heterocycles. The summed E-state index contributed by atoms with van der Waals surface area (Å²) in [7, 11) is 0. The first-order valence-corrected chi connectivity index (χ1v) is 6.84. The van der Waals surface area contributed by atoms with Crippen LogP contribution in [0.4, 0.5) is 0 Å². The zero-order valence-electron chi connectivity index (χ0n) is 9.94. The third-order valence-electron chi connectivity index (χ3n) is 2.74. The summed E-state index contributed by atoms with van der Waals surface area (Å²) in [6.07, 6.45) is 0. The quantitative estimate of drug-likeness (QED) is 0.750. The number of aryl methyl sites for hydroxylation is 1. The standard InChI is InChI=1S/C15H16OS/c1-12-4-2-3-5-14(12)11-17-10-13-6-8-15(16)9-7-13/h2-9,16H,10-11H2,1H3/p+1. The molecule has 0 bridgehead atoms. The van der Waals surface area contributed by atoms with Crippen molar-refractivity contribution in [1.29, 1.82) is 0 Å². The van der Waals surface area contributed by atoms with Crippen LogP contribution in [0.2, 0.25) is 0 Å². The third-order valence-corrected chi connectivity index (χ3v) is 3.79. The van der Waals surface area contributed by atoms with Gasteiger partial charge in [0.05, 0.1) is 0 Å². The molecule has 88 valence electrons. The van der Waals surface area contributed by atoms with Gasteiger partial charge in [-0.2, -0.15) is 11.8 Å². The first-order valence-electron chi connectivity index (χ1n) is 5.68. The fourth-order valence-electron chi connectivity index (χ4n) is 1.65. The molecule has 2 heteroatoms. The summed E-state index contributed by atoms with van der Waals surface area (Å²) in [5, 5.41) is 7.42. The molecule has 0 unspecified atom stereocenters. The highest BCUT2D eigenvalue weighted by Gasteiger charge is 1.99. The van der Waals surface area contributed by atoms with Crippen LogP contribution in [0.15, 0.2) is 48.5 Å². The van der Waals surface area contributed by atoms with Gasteiger partial charge in [0.15, 0.2) is 0 Å². The van der Waals surface area contributed by atoms with Crippen molar-refractivity contribution in [2.45, 2.75) is 18.4 Å². The van der Waals surface area contributed by atoms with Crippen LogP contribution in [0.5, 0.6) is 5.75 Å². The van der Waals surface area contributed by atoms with Crippen LogP contribution in [-0.4, -0.2) is 5.11 Å². The summed E-state index contributed by atoms with van der Waals surface area (Å²) in [5.41, 5.74) is 4.07. The van der Waals surface area contributed by atoms with Gasteiger partial charge in [0.2, 0.25) is 0 Å². The van der Waals surface area contributed by atoms with E-state index in [9.17, 15) is 0 Å². The SMILES string of the molecule is Cc1ccccc1CSCc1ccc([OH2+])cc1. The molecule has 2 aromatic rings. The van der Waals surface area contributed by atoms with E-state index in [0.717, 1.165) is 11.5 Å². The summed E-state index contributed by atoms with van der Waals surface area (Å²) >= 11 is 1.92. The van der Waals surface area contributed by atoms with Crippen molar-refractivity contribution < 1.29 is 5.11 Å². The molecule has 0 radical (unpaired) electrons. The second kappa shape index (κ2) is 5.78. The van der Waals surface area contributed by atoms with Crippen LogP contribution in [0.1, 0.15) is 16.7 Å². The number of thioether (sulfide) groups is 1. The Morgan fingerprint density at radius 1 is 0.941 bits per heavy atom. The molecule has 2 aromatic carbocycles. The van der Waals surface area contributed by atoms with Crippen LogP contribution in [-0.2, 0) is 11.5 Å². The predicted octanol–water partition coefficient (Wildman–Crippen LogP) is 3.87. The number of rotatable bonds is 4. The Hall–Kier alpha value is -1.41. The molecule has 0 aromatic heterocycles. The van der Waals surface area contributed by atoms with Gasteiger partial charge < -0.3 is 5.11 Å². The first-order chi connectivity index (χ1) is 8.25. The fraction of sp³-hybridized carbons (Fsp3) is 0.200. The highest BCUT2D eigenvalue weighted by atomic mass is 32.2. The zero-order valence-corrected chi connectivity index (χ0v) is 10.8. The zero-order chi connectivity index (χ0) is 12.1. The highest BCUT2D eigenvalue weighted by molar-refractivity contribution is 7.97. The monoisotopic (exact) mass is 245 g/mol. The normalized spacial score (nSPS) is 10.4. The fourth-order valence-corrected chi connectivity index (χ4v) is 2.73. The van der Waals surface area contributed by atoms with Crippen molar-refractivity contribution in [2.75, 3.05) is 0 Å². The summed E-state index contributed by atoms with van der Waals surface area (Å²) in [4.78, 5) is 0. The summed E-state index contributed by atoms with van der Waals surface area (Å²) in [5.74, 6) is 2.64. The van der Waals surface area contributed by atoms with Crippen molar-refractivity contribution in [3.63, 3.8) is 0 Å². The molecular weight excluding hydrogens is 228 g/mol. The lowest BCUT2D eigenvalue weighted by Crippen LogP contribution is -1.86. The molecule has 0 aliphatic carbocycles. The van der Waals surface area contributed by atoms with Crippen LogP contribution in [0, 0.1) is 6.92 Å². The smallest absolute Gasteiger partial charge is 0.253 e. The van der Waals surface area contributed by atoms with Crippen molar-refractivity contribution in [1.82, 2.24) is 0 Å². The molecule has 0 aliphatic heterocycles. The first kappa shape index (κ1) is 12.1. The summed E-state index contributed by atoms with van der Waals surface area (Å²) in [6.45, 7) is 2.16. The van der Waals surface area contributed by atoms with E-state index in [1.54, 1.807) is 0 Å². The maximum absolute atomic E-state index is 7.42. The van der Waals surface area contributed by atoms with Gasteiger partial charge in [0, 0.05) is 23.6 Å². The van der Waals surface area contributed by atoms with Crippen LogP contribution < -0.4 is 0 Å². The van der Waals surface area contributed by atoms with Gasteiger partial charge >= 0.3 is 0 Å². The van der Waals surface area contributed by atoms with Gasteiger partial charge in [-0.25, -0.2) is 0 Å². The third kappa shape index (κ3) is 3.53. The Kier molecular flexibility index (Phi) is 4.10. The minimum atomic E-state index is 0.581. The number of hydrogen-bond donors (Lipinski definition) is 0. The van der Waals surface area contributed by atoms with Crippen LogP contribution in [0.3, 0.4) is 0 Å². The van der Waals surface area contributed by atoms with Gasteiger partial charge in [0.1, 0.15) is 0 Å². The summed E-state index contributed by atoms with van der Waals surface area (Å²) in [6, 6.07) is 16.3. The van der Waals surface area contributed by atoms with Crippen molar-refractivity contribution >= 4 is 11.8 Å². The Morgan fingerprint density at radius 3 is 2.35 bits per heavy atom. The largest absolute Gasteiger partial charge is 0.593 e. The molecule has 2 N–H and O–H groups in total. The van der Waals surface area contributed by atoms with E-state index in [1.807, 2.05) is 36.0 Å². The molecule has 17 heavy (non-hydrogen) atoms. The highest BCUT2D eigenvalue weighted by Crippen LogP contribution is 2.21. The number of benzene rings is 2. The van der Waals surface area contributed by atoms with E-state index >= 15 is 0 Å².